The van der Waals surface area contributed by atoms with Gasteiger partial charge in [-0.1, -0.05) is 0 Å². The van der Waals surface area contributed by atoms with Gasteiger partial charge < -0.3 is 4.74 Å². The third-order valence-corrected chi connectivity index (χ3v) is 1.81. The van der Waals surface area contributed by atoms with Crippen molar-refractivity contribution in [1.29, 1.82) is 0 Å². The predicted octanol–water partition coefficient (Wildman–Crippen LogP) is 2.67. The van der Waals surface area contributed by atoms with Crippen molar-refractivity contribution in [3.8, 4) is 5.88 Å². The smallest absolute Gasteiger partial charge is 0.435 e. The maximum Gasteiger partial charge on any atom is 0.435 e. The quantitative estimate of drug-likeness (QED) is 0.730. The first-order valence-corrected chi connectivity index (χ1v) is 4.38. The lowest BCUT2D eigenvalue weighted by molar-refractivity contribution is -0.141. The molecule has 0 aliphatic carbocycles. The second-order valence-electron chi connectivity index (χ2n) is 4.15. The molecule has 86 valence electrons. The molecule has 0 aromatic carbocycles. The molecule has 1 rings (SSSR count). The molecular weight excluding hydrogens is 209 g/mol. The molecular formula is C9H13F3N2O. The first-order chi connectivity index (χ1) is 6.66. The van der Waals surface area contributed by atoms with Crippen LogP contribution in [0, 0.1) is 0 Å². The Labute approximate surface area is 85.8 Å². The van der Waals surface area contributed by atoms with Gasteiger partial charge >= 0.3 is 6.18 Å². The van der Waals surface area contributed by atoms with Crippen LogP contribution in [0.5, 0.6) is 5.88 Å². The number of ether oxygens (including phenoxy) is 1. The number of nitrogens with zero attached hydrogens (tertiary/aromatic N) is 2. The molecule has 15 heavy (non-hydrogen) atoms. The van der Waals surface area contributed by atoms with Crippen molar-refractivity contribution in [1.82, 2.24) is 9.78 Å². The summed E-state index contributed by atoms with van der Waals surface area (Å²) in [7, 11) is 1.32. The summed E-state index contributed by atoms with van der Waals surface area (Å²) in [5.41, 5.74) is -1.48. The van der Waals surface area contributed by atoms with Gasteiger partial charge in [-0.05, 0) is 20.8 Å². The lowest BCUT2D eigenvalue weighted by atomic mass is 10.1. The highest BCUT2D eigenvalue weighted by atomic mass is 19.4. The number of hydrogen-bond donors (Lipinski definition) is 0. The van der Waals surface area contributed by atoms with Gasteiger partial charge in [0.2, 0.25) is 5.88 Å². The van der Waals surface area contributed by atoms with E-state index >= 15 is 0 Å². The Morgan fingerprint density at radius 2 is 1.80 bits per heavy atom. The molecule has 1 aromatic heterocycles. The minimum Gasteiger partial charge on any atom is -0.481 e. The number of rotatable bonds is 1. The fourth-order valence-electron chi connectivity index (χ4n) is 1.13. The normalized spacial score (nSPS) is 13.0. The van der Waals surface area contributed by atoms with Crippen molar-refractivity contribution in [2.75, 3.05) is 7.11 Å². The highest BCUT2D eigenvalue weighted by Crippen LogP contribution is 2.32. The van der Waals surface area contributed by atoms with E-state index < -0.39 is 17.4 Å². The second kappa shape index (κ2) is 3.43. The van der Waals surface area contributed by atoms with E-state index in [2.05, 4.69) is 5.10 Å². The molecule has 0 N–H and O–H groups in total. The summed E-state index contributed by atoms with van der Waals surface area (Å²) in [5.74, 6) is 0.106. The van der Waals surface area contributed by atoms with Crippen LogP contribution in [0.3, 0.4) is 0 Å². The van der Waals surface area contributed by atoms with E-state index in [1.165, 1.54) is 11.8 Å². The average Bonchev–Trinajstić information content (AvgIpc) is 2.44. The highest BCUT2D eigenvalue weighted by molar-refractivity contribution is 5.19. The summed E-state index contributed by atoms with van der Waals surface area (Å²) < 4.78 is 43.2. The van der Waals surface area contributed by atoms with E-state index in [9.17, 15) is 13.2 Å². The van der Waals surface area contributed by atoms with Gasteiger partial charge in [-0.25, -0.2) is 4.68 Å². The molecule has 0 bridgehead atoms. The topological polar surface area (TPSA) is 27.1 Å². The molecule has 0 radical (unpaired) electrons. The number of alkyl halides is 3. The van der Waals surface area contributed by atoms with Crippen LogP contribution in [0.15, 0.2) is 6.07 Å². The maximum atomic E-state index is 12.4. The predicted molar refractivity (Wildman–Crippen MR) is 48.8 cm³/mol. The summed E-state index contributed by atoms with van der Waals surface area (Å²) in [4.78, 5) is 0. The molecule has 0 aliphatic heterocycles. The fourth-order valence-corrected chi connectivity index (χ4v) is 1.13. The van der Waals surface area contributed by atoms with E-state index in [1.807, 2.05) is 0 Å². The number of methoxy groups -OCH3 is 1. The monoisotopic (exact) mass is 222 g/mol. The van der Waals surface area contributed by atoms with E-state index in [-0.39, 0.29) is 5.88 Å². The zero-order valence-electron chi connectivity index (χ0n) is 9.01. The Kier molecular flexibility index (Phi) is 2.71. The second-order valence-corrected chi connectivity index (χ2v) is 4.15. The molecule has 0 saturated carbocycles. The third kappa shape index (κ3) is 2.43. The summed E-state index contributed by atoms with van der Waals surface area (Å²) in [5, 5.41) is 3.49. The van der Waals surface area contributed by atoms with Crippen molar-refractivity contribution in [3.63, 3.8) is 0 Å². The van der Waals surface area contributed by atoms with Gasteiger partial charge in [0.1, 0.15) is 0 Å². The standard InChI is InChI=1S/C9H13F3N2O/c1-8(2,3)14-7(15-4)5-6(13-14)9(10,11)12/h5H,1-4H3. The lowest BCUT2D eigenvalue weighted by Crippen LogP contribution is -2.24. The van der Waals surface area contributed by atoms with Gasteiger partial charge in [0.25, 0.3) is 0 Å². The van der Waals surface area contributed by atoms with Gasteiger partial charge in [0, 0.05) is 6.07 Å². The molecule has 0 unspecified atom stereocenters. The first-order valence-electron chi connectivity index (χ1n) is 4.38. The minimum atomic E-state index is -4.44. The molecule has 1 aromatic rings. The van der Waals surface area contributed by atoms with Crippen LogP contribution in [-0.4, -0.2) is 16.9 Å². The van der Waals surface area contributed by atoms with Gasteiger partial charge in [-0.2, -0.15) is 18.3 Å². The molecule has 0 aliphatic rings. The van der Waals surface area contributed by atoms with Crippen molar-refractivity contribution >= 4 is 0 Å². The number of aromatic nitrogens is 2. The zero-order chi connectivity index (χ0) is 11.9. The molecule has 0 saturated heterocycles. The molecule has 1 heterocycles. The van der Waals surface area contributed by atoms with Gasteiger partial charge in [0.15, 0.2) is 5.69 Å². The molecule has 0 fully saturated rings. The van der Waals surface area contributed by atoms with Crippen LogP contribution in [-0.2, 0) is 11.7 Å². The largest absolute Gasteiger partial charge is 0.481 e. The summed E-state index contributed by atoms with van der Waals surface area (Å²) in [6.07, 6.45) is -4.44. The fraction of sp³-hybridized carbons (Fsp3) is 0.667. The van der Waals surface area contributed by atoms with E-state index in [0.29, 0.717) is 0 Å². The van der Waals surface area contributed by atoms with Crippen LogP contribution in [0.2, 0.25) is 0 Å². The Morgan fingerprint density at radius 1 is 1.27 bits per heavy atom. The van der Waals surface area contributed by atoms with Crippen molar-refractivity contribution < 1.29 is 17.9 Å². The van der Waals surface area contributed by atoms with E-state index in [1.54, 1.807) is 20.8 Å². The summed E-state index contributed by atoms with van der Waals surface area (Å²) >= 11 is 0. The molecule has 0 amide bonds. The Hall–Kier alpha value is -1.20. The van der Waals surface area contributed by atoms with Crippen molar-refractivity contribution in [2.24, 2.45) is 0 Å². The van der Waals surface area contributed by atoms with Crippen LogP contribution in [0.25, 0.3) is 0 Å². The summed E-state index contributed by atoms with van der Waals surface area (Å²) in [6.45, 7) is 5.26. The van der Waals surface area contributed by atoms with Crippen LogP contribution in [0.1, 0.15) is 26.5 Å². The Morgan fingerprint density at radius 3 is 2.07 bits per heavy atom. The van der Waals surface area contributed by atoms with E-state index in [4.69, 9.17) is 4.74 Å². The van der Waals surface area contributed by atoms with Gasteiger partial charge in [-0.3, -0.25) is 0 Å². The number of halogens is 3. The van der Waals surface area contributed by atoms with Crippen molar-refractivity contribution in [3.05, 3.63) is 11.8 Å². The minimum absolute atomic E-state index is 0.106. The van der Waals surface area contributed by atoms with Gasteiger partial charge in [-0.15, -0.1) is 0 Å². The first kappa shape index (κ1) is 11.9. The molecule has 6 heteroatoms. The Balaban J connectivity index is 3.24. The highest BCUT2D eigenvalue weighted by Gasteiger charge is 2.36. The molecule has 0 spiro atoms. The van der Waals surface area contributed by atoms with Crippen molar-refractivity contribution in [2.45, 2.75) is 32.5 Å². The molecule has 3 nitrogen and oxygen atoms in total. The van der Waals surface area contributed by atoms with Gasteiger partial charge in [0.05, 0.1) is 12.6 Å². The molecule has 0 atom stereocenters. The lowest BCUT2D eigenvalue weighted by Gasteiger charge is -2.21. The number of hydrogen-bond acceptors (Lipinski definition) is 2. The van der Waals surface area contributed by atoms with Crippen LogP contribution < -0.4 is 4.74 Å². The maximum absolute atomic E-state index is 12.4. The zero-order valence-corrected chi connectivity index (χ0v) is 9.01. The average molecular weight is 222 g/mol. The van der Waals surface area contributed by atoms with E-state index in [0.717, 1.165) is 6.07 Å². The third-order valence-electron chi connectivity index (χ3n) is 1.81. The van der Waals surface area contributed by atoms with Crippen LogP contribution >= 0.6 is 0 Å². The SMILES string of the molecule is COc1cc(C(F)(F)F)nn1C(C)(C)C. The van der Waals surface area contributed by atoms with Crippen LogP contribution in [0.4, 0.5) is 13.2 Å². The Bertz CT molecular complexity index is 349. The summed E-state index contributed by atoms with van der Waals surface area (Å²) in [6, 6.07) is 0.894.